The summed E-state index contributed by atoms with van der Waals surface area (Å²) in [7, 11) is 0. The summed E-state index contributed by atoms with van der Waals surface area (Å²) in [4.78, 5) is 23.5. The van der Waals surface area contributed by atoms with Crippen LogP contribution in [0.4, 0.5) is 0 Å². The van der Waals surface area contributed by atoms with Gasteiger partial charge in [0.15, 0.2) is 5.78 Å². The molecule has 3 heteroatoms. The Morgan fingerprint density at radius 1 is 0.947 bits per heavy atom. The number of carbonyl (C=O) groups excluding carboxylic acids is 2. The van der Waals surface area contributed by atoms with Crippen LogP contribution in [0.5, 0.6) is 0 Å². The summed E-state index contributed by atoms with van der Waals surface area (Å²) in [6.45, 7) is 0. The molecule has 3 aromatic rings. The Balaban J connectivity index is 2.23. The number of carbonyl (C=O) groups is 2. The Bertz CT molecular complexity index is 757. The highest BCUT2D eigenvalue weighted by molar-refractivity contribution is 6.16. The summed E-state index contributed by atoms with van der Waals surface area (Å²) in [6, 6.07) is 16.3. The molecule has 0 saturated heterocycles. The first kappa shape index (κ1) is 11.4. The molecule has 0 bridgehead atoms. The van der Waals surface area contributed by atoms with Crippen molar-refractivity contribution in [3.63, 3.8) is 0 Å². The molecule has 0 unspecified atom stereocenters. The second kappa shape index (κ2) is 4.53. The zero-order valence-electron chi connectivity index (χ0n) is 10.1. The van der Waals surface area contributed by atoms with Crippen LogP contribution in [0, 0.1) is 0 Å². The van der Waals surface area contributed by atoms with Crippen LogP contribution in [0.3, 0.4) is 0 Å². The lowest BCUT2D eigenvalue weighted by Crippen LogP contribution is -2.04. The second-order valence-corrected chi connectivity index (χ2v) is 4.27. The maximum absolute atomic E-state index is 12.5. The van der Waals surface area contributed by atoms with Gasteiger partial charge in [-0.15, -0.1) is 0 Å². The van der Waals surface area contributed by atoms with Gasteiger partial charge in [0.25, 0.3) is 0 Å². The molecule has 0 spiro atoms. The predicted molar refractivity (Wildman–Crippen MR) is 74.0 cm³/mol. The van der Waals surface area contributed by atoms with Gasteiger partial charge in [0, 0.05) is 22.7 Å². The number of benzene rings is 2. The summed E-state index contributed by atoms with van der Waals surface area (Å²) in [5, 5.41) is 0.883. The molecule has 0 N–H and O–H groups in total. The van der Waals surface area contributed by atoms with E-state index in [1.54, 1.807) is 24.4 Å². The van der Waals surface area contributed by atoms with E-state index >= 15 is 0 Å². The fraction of sp³-hybridized carbons (Fsp3) is 0. The monoisotopic (exact) mass is 249 g/mol. The molecule has 0 fully saturated rings. The Morgan fingerprint density at radius 2 is 1.74 bits per heavy atom. The highest BCUT2D eigenvalue weighted by atomic mass is 16.1. The SMILES string of the molecule is O=Cn1ccc2cccc(C(=O)c3ccccc3)c21. The largest absolute Gasteiger partial charge is 0.289 e. The maximum atomic E-state index is 12.5. The quantitative estimate of drug-likeness (QED) is 0.529. The van der Waals surface area contributed by atoms with Crippen molar-refractivity contribution in [2.45, 2.75) is 0 Å². The van der Waals surface area contributed by atoms with Gasteiger partial charge in [-0.05, 0) is 12.1 Å². The number of hydrogen-bond acceptors (Lipinski definition) is 2. The maximum Gasteiger partial charge on any atom is 0.218 e. The molecule has 3 rings (SSSR count). The average molecular weight is 249 g/mol. The number of rotatable bonds is 3. The van der Waals surface area contributed by atoms with Gasteiger partial charge >= 0.3 is 0 Å². The highest BCUT2D eigenvalue weighted by Gasteiger charge is 2.14. The van der Waals surface area contributed by atoms with E-state index in [1.165, 1.54) is 4.57 Å². The molecule has 0 aliphatic rings. The Morgan fingerprint density at radius 3 is 2.47 bits per heavy atom. The number of para-hydroxylation sites is 1. The van der Waals surface area contributed by atoms with Crippen molar-refractivity contribution >= 4 is 23.1 Å². The summed E-state index contributed by atoms with van der Waals surface area (Å²) in [6.07, 6.45) is 2.38. The van der Waals surface area contributed by atoms with Crippen LogP contribution >= 0.6 is 0 Å². The van der Waals surface area contributed by atoms with E-state index in [-0.39, 0.29) is 5.78 Å². The topological polar surface area (TPSA) is 39.1 Å². The van der Waals surface area contributed by atoms with Gasteiger partial charge in [-0.1, -0.05) is 42.5 Å². The van der Waals surface area contributed by atoms with Crippen molar-refractivity contribution in [3.05, 3.63) is 71.9 Å². The fourth-order valence-corrected chi connectivity index (χ4v) is 2.24. The molecule has 2 aromatic carbocycles. The first-order valence-corrected chi connectivity index (χ1v) is 5.96. The van der Waals surface area contributed by atoms with Gasteiger partial charge in [-0.25, -0.2) is 0 Å². The van der Waals surface area contributed by atoms with Crippen molar-refractivity contribution < 1.29 is 9.59 Å². The second-order valence-electron chi connectivity index (χ2n) is 4.27. The van der Waals surface area contributed by atoms with Crippen LogP contribution in [-0.4, -0.2) is 16.8 Å². The normalized spacial score (nSPS) is 10.5. The van der Waals surface area contributed by atoms with Gasteiger partial charge in [-0.3, -0.25) is 14.2 Å². The third-order valence-electron chi connectivity index (χ3n) is 3.13. The zero-order chi connectivity index (χ0) is 13.2. The number of ketones is 1. The van der Waals surface area contributed by atoms with Crippen LogP contribution in [-0.2, 0) is 4.79 Å². The van der Waals surface area contributed by atoms with E-state index in [1.807, 2.05) is 36.4 Å². The Kier molecular flexibility index (Phi) is 2.72. The molecule has 0 aliphatic heterocycles. The molecule has 0 radical (unpaired) electrons. The first-order valence-electron chi connectivity index (χ1n) is 5.96. The standard InChI is InChI=1S/C16H11NO2/c18-11-17-10-9-12-7-4-8-14(15(12)17)16(19)13-5-2-1-3-6-13/h1-11H. The van der Waals surface area contributed by atoms with E-state index in [9.17, 15) is 9.59 Å². The molecule has 0 amide bonds. The van der Waals surface area contributed by atoms with Crippen molar-refractivity contribution in [2.75, 3.05) is 0 Å². The molecule has 0 aliphatic carbocycles. The molecule has 0 saturated carbocycles. The Hall–Kier alpha value is -2.68. The van der Waals surface area contributed by atoms with E-state index in [2.05, 4.69) is 0 Å². The van der Waals surface area contributed by atoms with Gasteiger partial charge < -0.3 is 0 Å². The molecule has 0 atom stereocenters. The third kappa shape index (κ3) is 1.85. The van der Waals surface area contributed by atoms with Crippen LogP contribution < -0.4 is 0 Å². The Labute approximate surface area is 110 Å². The van der Waals surface area contributed by atoms with Gasteiger partial charge in [-0.2, -0.15) is 0 Å². The number of hydrogen-bond donors (Lipinski definition) is 0. The van der Waals surface area contributed by atoms with Crippen molar-refractivity contribution in [2.24, 2.45) is 0 Å². The molecular weight excluding hydrogens is 238 g/mol. The van der Waals surface area contributed by atoms with E-state index in [4.69, 9.17) is 0 Å². The number of fused-ring (bicyclic) bond motifs is 1. The minimum Gasteiger partial charge on any atom is -0.289 e. The summed E-state index contributed by atoms with van der Waals surface area (Å²) < 4.78 is 1.44. The fourth-order valence-electron chi connectivity index (χ4n) is 2.24. The lowest BCUT2D eigenvalue weighted by Gasteiger charge is -2.05. The van der Waals surface area contributed by atoms with Gasteiger partial charge in [0.2, 0.25) is 6.41 Å². The van der Waals surface area contributed by atoms with Crippen LogP contribution in [0.1, 0.15) is 15.9 Å². The van der Waals surface area contributed by atoms with Crippen molar-refractivity contribution in [1.29, 1.82) is 0 Å². The minimum absolute atomic E-state index is 0.0759. The third-order valence-corrected chi connectivity index (χ3v) is 3.13. The molecule has 92 valence electrons. The molecule has 1 aromatic heterocycles. The highest BCUT2D eigenvalue weighted by Crippen LogP contribution is 2.22. The van der Waals surface area contributed by atoms with Crippen LogP contribution in [0.2, 0.25) is 0 Å². The summed E-state index contributed by atoms with van der Waals surface area (Å²) in [5.41, 5.74) is 1.82. The van der Waals surface area contributed by atoms with Crippen LogP contribution in [0.15, 0.2) is 60.8 Å². The zero-order valence-corrected chi connectivity index (χ0v) is 10.1. The molecule has 19 heavy (non-hydrogen) atoms. The number of aromatic nitrogens is 1. The van der Waals surface area contributed by atoms with Crippen LogP contribution in [0.25, 0.3) is 10.9 Å². The lowest BCUT2D eigenvalue weighted by molar-refractivity contribution is 0.104. The first-order chi connectivity index (χ1) is 9.31. The minimum atomic E-state index is -0.0759. The van der Waals surface area contributed by atoms with Gasteiger partial charge in [0.1, 0.15) is 0 Å². The number of nitrogens with zero attached hydrogens (tertiary/aromatic N) is 1. The van der Waals surface area contributed by atoms with Gasteiger partial charge in [0.05, 0.1) is 5.52 Å². The van der Waals surface area contributed by atoms with E-state index < -0.39 is 0 Å². The summed E-state index contributed by atoms with van der Waals surface area (Å²) >= 11 is 0. The van der Waals surface area contributed by atoms with Crippen molar-refractivity contribution in [3.8, 4) is 0 Å². The molecule has 3 nitrogen and oxygen atoms in total. The van der Waals surface area contributed by atoms with E-state index in [0.717, 1.165) is 5.39 Å². The van der Waals surface area contributed by atoms with E-state index in [0.29, 0.717) is 23.1 Å². The average Bonchev–Trinajstić information content (AvgIpc) is 2.90. The smallest absolute Gasteiger partial charge is 0.218 e. The summed E-state index contributed by atoms with van der Waals surface area (Å²) in [5.74, 6) is -0.0759. The molecule has 1 heterocycles. The molecular formula is C16H11NO2. The van der Waals surface area contributed by atoms with Crippen molar-refractivity contribution in [1.82, 2.24) is 4.57 Å². The lowest BCUT2D eigenvalue weighted by atomic mass is 10.0. The predicted octanol–water partition coefficient (Wildman–Crippen LogP) is 2.91.